The van der Waals surface area contributed by atoms with E-state index in [0.717, 1.165) is 17.8 Å². The number of rotatable bonds is 9. The fourth-order valence-electron chi connectivity index (χ4n) is 1.71. The molecule has 1 heterocycles. The summed E-state index contributed by atoms with van der Waals surface area (Å²) in [4.78, 5) is 0.934. The SMILES string of the molecule is O=S(=O)(CCCCNC1CC1)NCc1ccc(Cl)s1. The predicted octanol–water partition coefficient (Wildman–Crippen LogP) is 2.35. The Hall–Kier alpha value is -0.140. The number of nitrogens with one attached hydrogen (secondary N) is 2. The molecule has 0 aromatic carbocycles. The summed E-state index contributed by atoms with van der Waals surface area (Å²) in [7, 11) is -3.17. The molecule has 108 valence electrons. The molecule has 0 unspecified atom stereocenters. The quantitative estimate of drug-likeness (QED) is 0.686. The van der Waals surface area contributed by atoms with Gasteiger partial charge in [-0.1, -0.05) is 11.6 Å². The van der Waals surface area contributed by atoms with Crippen LogP contribution in [0.15, 0.2) is 12.1 Å². The summed E-state index contributed by atoms with van der Waals surface area (Å²) in [5.74, 6) is 0.193. The first-order valence-corrected chi connectivity index (χ1v) is 9.35. The van der Waals surface area contributed by atoms with Gasteiger partial charge in [0.25, 0.3) is 0 Å². The van der Waals surface area contributed by atoms with Crippen molar-refractivity contribution in [1.82, 2.24) is 10.0 Å². The Bertz CT molecular complexity index is 498. The molecular formula is C12H19ClN2O2S2. The smallest absolute Gasteiger partial charge is 0.211 e. The molecule has 7 heteroatoms. The van der Waals surface area contributed by atoms with Crippen LogP contribution >= 0.6 is 22.9 Å². The second-order valence-corrected chi connectivity index (χ2v) is 8.51. The monoisotopic (exact) mass is 322 g/mol. The predicted molar refractivity (Wildman–Crippen MR) is 80.2 cm³/mol. The number of unbranched alkanes of at least 4 members (excludes halogenated alkanes) is 1. The van der Waals surface area contributed by atoms with Crippen molar-refractivity contribution in [3.05, 3.63) is 21.3 Å². The van der Waals surface area contributed by atoms with Crippen molar-refractivity contribution in [2.24, 2.45) is 0 Å². The Kier molecular flexibility index (Phi) is 5.65. The summed E-state index contributed by atoms with van der Waals surface area (Å²) >= 11 is 7.19. The second-order valence-electron chi connectivity index (χ2n) is 4.78. The third-order valence-corrected chi connectivity index (χ3v) is 5.59. The summed E-state index contributed by atoms with van der Waals surface area (Å²) < 4.78 is 26.8. The molecule has 1 saturated carbocycles. The van der Waals surface area contributed by atoms with E-state index in [4.69, 9.17) is 11.6 Å². The molecule has 1 fully saturated rings. The zero-order valence-electron chi connectivity index (χ0n) is 10.7. The Labute approximate surface area is 123 Å². The van der Waals surface area contributed by atoms with E-state index < -0.39 is 10.0 Å². The minimum atomic E-state index is -3.17. The van der Waals surface area contributed by atoms with Gasteiger partial charge in [0.05, 0.1) is 10.1 Å². The molecule has 2 rings (SSSR count). The number of sulfonamides is 1. The Morgan fingerprint density at radius 2 is 2.11 bits per heavy atom. The maximum absolute atomic E-state index is 11.8. The molecule has 0 spiro atoms. The van der Waals surface area contributed by atoms with Gasteiger partial charge >= 0.3 is 0 Å². The summed E-state index contributed by atoms with van der Waals surface area (Å²) in [6.45, 7) is 1.25. The van der Waals surface area contributed by atoms with E-state index in [1.807, 2.05) is 6.07 Å². The Morgan fingerprint density at radius 1 is 1.32 bits per heavy atom. The second kappa shape index (κ2) is 7.04. The molecule has 0 saturated heterocycles. The molecule has 2 N–H and O–H groups in total. The number of halogens is 1. The van der Waals surface area contributed by atoms with E-state index in [9.17, 15) is 8.42 Å². The molecule has 1 aliphatic carbocycles. The van der Waals surface area contributed by atoms with Crippen molar-refractivity contribution >= 4 is 33.0 Å². The van der Waals surface area contributed by atoms with Crippen LogP contribution < -0.4 is 10.0 Å². The van der Waals surface area contributed by atoms with Crippen LogP contribution in [-0.2, 0) is 16.6 Å². The van der Waals surface area contributed by atoms with E-state index in [-0.39, 0.29) is 5.75 Å². The lowest BCUT2D eigenvalue weighted by Crippen LogP contribution is -2.26. The number of hydrogen-bond acceptors (Lipinski definition) is 4. The first-order valence-electron chi connectivity index (χ1n) is 6.50. The highest BCUT2D eigenvalue weighted by atomic mass is 35.5. The number of hydrogen-bond donors (Lipinski definition) is 2. The molecule has 1 aromatic rings. The minimum absolute atomic E-state index is 0.193. The molecule has 1 aliphatic rings. The van der Waals surface area contributed by atoms with Gasteiger partial charge in [0, 0.05) is 17.5 Å². The maximum atomic E-state index is 11.8. The topological polar surface area (TPSA) is 58.2 Å². The minimum Gasteiger partial charge on any atom is -0.314 e. The van der Waals surface area contributed by atoms with Crippen LogP contribution in [0.1, 0.15) is 30.6 Å². The first kappa shape index (κ1) is 15.3. The van der Waals surface area contributed by atoms with Gasteiger partial charge in [0.1, 0.15) is 0 Å². The van der Waals surface area contributed by atoms with E-state index in [1.54, 1.807) is 6.07 Å². The van der Waals surface area contributed by atoms with E-state index in [1.165, 1.54) is 24.2 Å². The van der Waals surface area contributed by atoms with Gasteiger partial charge in [-0.25, -0.2) is 13.1 Å². The van der Waals surface area contributed by atoms with Crippen molar-refractivity contribution in [2.75, 3.05) is 12.3 Å². The Balaban J connectivity index is 1.60. The van der Waals surface area contributed by atoms with E-state index >= 15 is 0 Å². The van der Waals surface area contributed by atoms with Crippen molar-refractivity contribution < 1.29 is 8.42 Å². The molecule has 0 radical (unpaired) electrons. The van der Waals surface area contributed by atoms with Crippen LogP contribution in [-0.4, -0.2) is 26.8 Å². The Morgan fingerprint density at radius 3 is 2.74 bits per heavy atom. The zero-order valence-corrected chi connectivity index (χ0v) is 13.1. The average molecular weight is 323 g/mol. The molecule has 0 aliphatic heterocycles. The van der Waals surface area contributed by atoms with Crippen LogP contribution in [0, 0.1) is 0 Å². The van der Waals surface area contributed by atoms with E-state index in [2.05, 4.69) is 10.0 Å². The van der Waals surface area contributed by atoms with Gasteiger partial charge in [-0.2, -0.15) is 0 Å². The van der Waals surface area contributed by atoms with Crippen molar-refractivity contribution in [3.8, 4) is 0 Å². The fraction of sp³-hybridized carbons (Fsp3) is 0.667. The molecule has 0 amide bonds. The number of thiophene rings is 1. The third-order valence-electron chi connectivity index (χ3n) is 2.95. The van der Waals surface area contributed by atoms with Crippen LogP contribution in [0.25, 0.3) is 0 Å². The largest absolute Gasteiger partial charge is 0.314 e. The molecule has 0 atom stereocenters. The molecule has 19 heavy (non-hydrogen) atoms. The molecule has 0 bridgehead atoms. The van der Waals surface area contributed by atoms with Gasteiger partial charge in [-0.15, -0.1) is 11.3 Å². The maximum Gasteiger partial charge on any atom is 0.211 e. The van der Waals surface area contributed by atoms with Gasteiger partial charge < -0.3 is 5.32 Å². The van der Waals surface area contributed by atoms with Crippen molar-refractivity contribution in [2.45, 2.75) is 38.3 Å². The van der Waals surface area contributed by atoms with E-state index in [0.29, 0.717) is 23.3 Å². The molecular weight excluding hydrogens is 304 g/mol. The highest BCUT2D eigenvalue weighted by molar-refractivity contribution is 7.89. The van der Waals surface area contributed by atoms with Crippen LogP contribution in [0.4, 0.5) is 0 Å². The summed E-state index contributed by atoms with van der Waals surface area (Å²) in [5.41, 5.74) is 0. The lowest BCUT2D eigenvalue weighted by molar-refractivity contribution is 0.573. The summed E-state index contributed by atoms with van der Waals surface area (Å²) in [6.07, 6.45) is 4.13. The summed E-state index contributed by atoms with van der Waals surface area (Å²) in [5, 5.41) is 3.38. The van der Waals surface area contributed by atoms with Crippen LogP contribution in [0.3, 0.4) is 0 Å². The normalized spacial score (nSPS) is 15.8. The van der Waals surface area contributed by atoms with Gasteiger partial charge in [0.15, 0.2) is 0 Å². The van der Waals surface area contributed by atoms with Crippen LogP contribution in [0.5, 0.6) is 0 Å². The lowest BCUT2D eigenvalue weighted by Gasteiger charge is -2.06. The standard InChI is InChI=1S/C12H19ClN2O2S2/c13-12-6-5-11(18-12)9-15-19(16,17)8-2-1-7-14-10-3-4-10/h5-6,10,14-15H,1-4,7-9H2. The lowest BCUT2D eigenvalue weighted by atomic mass is 10.3. The molecule has 4 nitrogen and oxygen atoms in total. The molecule has 1 aromatic heterocycles. The fourth-order valence-corrected chi connectivity index (χ4v) is 3.93. The summed E-state index contributed by atoms with van der Waals surface area (Å²) in [6, 6.07) is 4.31. The van der Waals surface area contributed by atoms with Crippen LogP contribution in [0.2, 0.25) is 4.34 Å². The van der Waals surface area contributed by atoms with Gasteiger partial charge in [-0.05, 0) is 44.4 Å². The highest BCUT2D eigenvalue weighted by Crippen LogP contribution is 2.21. The van der Waals surface area contributed by atoms with Gasteiger partial charge in [0.2, 0.25) is 10.0 Å². The average Bonchev–Trinajstić information content (AvgIpc) is 3.08. The highest BCUT2D eigenvalue weighted by Gasteiger charge is 2.19. The third kappa shape index (κ3) is 6.23. The van der Waals surface area contributed by atoms with Gasteiger partial charge in [-0.3, -0.25) is 0 Å². The zero-order chi connectivity index (χ0) is 13.7. The first-order chi connectivity index (χ1) is 9.05. The van der Waals surface area contributed by atoms with Crippen molar-refractivity contribution in [1.29, 1.82) is 0 Å². The van der Waals surface area contributed by atoms with Crippen molar-refractivity contribution in [3.63, 3.8) is 0 Å².